The van der Waals surface area contributed by atoms with Gasteiger partial charge in [-0.2, -0.15) is 0 Å². The molecule has 1 heterocycles. The van der Waals surface area contributed by atoms with Crippen LogP contribution in [0.25, 0.3) is 0 Å². The Morgan fingerprint density at radius 1 is 1.19 bits per heavy atom. The van der Waals surface area contributed by atoms with Gasteiger partial charge in [0.15, 0.2) is 0 Å². The van der Waals surface area contributed by atoms with Crippen LogP contribution in [0.5, 0.6) is 0 Å². The molecule has 124 valence electrons. The Morgan fingerprint density at radius 3 is 2.57 bits per heavy atom. The predicted molar refractivity (Wildman–Crippen MR) is 90.6 cm³/mol. The highest BCUT2D eigenvalue weighted by Gasteiger charge is 2.42. The molecule has 21 heavy (non-hydrogen) atoms. The minimum absolute atomic E-state index is 0.264. The van der Waals surface area contributed by atoms with Crippen molar-refractivity contribution in [2.75, 3.05) is 13.2 Å². The van der Waals surface area contributed by atoms with Crippen LogP contribution in [0, 0.1) is 11.8 Å². The van der Waals surface area contributed by atoms with E-state index in [4.69, 9.17) is 4.74 Å². The Bertz CT molecular complexity index is 285. The van der Waals surface area contributed by atoms with Gasteiger partial charge in [-0.3, -0.25) is 0 Å². The summed E-state index contributed by atoms with van der Waals surface area (Å²) in [6.45, 7) is 9.07. The third-order valence-corrected chi connectivity index (χ3v) is 5.95. The number of ether oxygens (including phenoxy) is 1. The fraction of sp³-hybridized carbons (Fsp3) is 1.00. The van der Waals surface area contributed by atoms with Gasteiger partial charge in [-0.05, 0) is 50.5 Å². The second-order valence-corrected chi connectivity index (χ2v) is 7.39. The maximum atomic E-state index is 6.25. The quantitative estimate of drug-likeness (QED) is 0.686. The van der Waals surface area contributed by atoms with E-state index in [-0.39, 0.29) is 5.60 Å². The molecule has 3 unspecified atom stereocenters. The van der Waals surface area contributed by atoms with Crippen LogP contribution in [-0.4, -0.2) is 24.8 Å². The van der Waals surface area contributed by atoms with Crippen LogP contribution in [0.2, 0.25) is 0 Å². The zero-order chi connectivity index (χ0) is 15.1. The standard InChI is InChI=1S/C19H37NO/c1-4-7-10-16(5-2)18(20-6-3)17-11-14-21-19(15-17)12-8-9-13-19/h16-18,20H,4-15H2,1-3H3. The smallest absolute Gasteiger partial charge is 0.0685 e. The molecule has 0 aromatic heterocycles. The van der Waals surface area contributed by atoms with Gasteiger partial charge in [0.25, 0.3) is 0 Å². The first-order valence-electron chi connectivity index (χ1n) is 9.62. The molecular weight excluding hydrogens is 258 g/mol. The normalized spacial score (nSPS) is 27.9. The zero-order valence-electron chi connectivity index (χ0n) is 14.6. The van der Waals surface area contributed by atoms with Crippen molar-refractivity contribution in [2.24, 2.45) is 11.8 Å². The molecule has 0 aromatic carbocycles. The maximum absolute atomic E-state index is 6.25. The number of hydrogen-bond acceptors (Lipinski definition) is 2. The lowest BCUT2D eigenvalue weighted by molar-refractivity contribution is -0.101. The molecule has 3 atom stereocenters. The first-order chi connectivity index (χ1) is 10.2. The van der Waals surface area contributed by atoms with Gasteiger partial charge in [-0.1, -0.05) is 52.9 Å². The predicted octanol–water partition coefficient (Wildman–Crippen LogP) is 4.92. The molecule has 0 radical (unpaired) electrons. The fourth-order valence-corrected chi connectivity index (χ4v) is 4.80. The van der Waals surface area contributed by atoms with Gasteiger partial charge >= 0.3 is 0 Å². The molecule has 2 rings (SSSR count). The Hall–Kier alpha value is -0.0800. The first-order valence-corrected chi connectivity index (χ1v) is 9.62. The molecule has 2 fully saturated rings. The minimum Gasteiger partial charge on any atom is -0.375 e. The highest BCUT2D eigenvalue weighted by molar-refractivity contribution is 4.95. The molecule has 1 saturated heterocycles. The van der Waals surface area contributed by atoms with Gasteiger partial charge < -0.3 is 10.1 Å². The van der Waals surface area contributed by atoms with E-state index in [9.17, 15) is 0 Å². The van der Waals surface area contributed by atoms with E-state index in [2.05, 4.69) is 26.1 Å². The summed E-state index contributed by atoms with van der Waals surface area (Å²) in [6, 6.07) is 0.716. The molecule has 1 aliphatic heterocycles. The molecule has 2 nitrogen and oxygen atoms in total. The summed E-state index contributed by atoms with van der Waals surface area (Å²) in [5, 5.41) is 3.86. The van der Waals surface area contributed by atoms with Crippen molar-refractivity contribution >= 4 is 0 Å². The lowest BCUT2D eigenvalue weighted by Crippen LogP contribution is -2.48. The van der Waals surface area contributed by atoms with E-state index in [0.717, 1.165) is 25.0 Å². The highest BCUT2D eigenvalue weighted by atomic mass is 16.5. The summed E-state index contributed by atoms with van der Waals surface area (Å²) in [6.07, 6.45) is 13.4. The summed E-state index contributed by atoms with van der Waals surface area (Å²) in [5.74, 6) is 1.69. The van der Waals surface area contributed by atoms with Crippen molar-refractivity contribution in [1.29, 1.82) is 0 Å². The zero-order valence-corrected chi connectivity index (χ0v) is 14.6. The Kier molecular flexibility index (Phi) is 7.01. The third-order valence-electron chi connectivity index (χ3n) is 5.95. The number of nitrogens with one attached hydrogen (secondary N) is 1. The summed E-state index contributed by atoms with van der Waals surface area (Å²) in [5.41, 5.74) is 0.264. The number of hydrogen-bond donors (Lipinski definition) is 1. The molecule has 1 N–H and O–H groups in total. The average Bonchev–Trinajstić information content (AvgIpc) is 2.94. The van der Waals surface area contributed by atoms with Crippen molar-refractivity contribution in [3.63, 3.8) is 0 Å². The third kappa shape index (κ3) is 4.45. The summed E-state index contributed by atoms with van der Waals surface area (Å²) >= 11 is 0. The van der Waals surface area contributed by atoms with E-state index in [1.165, 1.54) is 64.2 Å². The van der Waals surface area contributed by atoms with Crippen LogP contribution in [0.1, 0.15) is 85.0 Å². The van der Waals surface area contributed by atoms with Crippen molar-refractivity contribution < 1.29 is 4.74 Å². The molecule has 0 bridgehead atoms. The van der Waals surface area contributed by atoms with Crippen molar-refractivity contribution in [1.82, 2.24) is 5.32 Å². The van der Waals surface area contributed by atoms with Crippen molar-refractivity contribution in [3.8, 4) is 0 Å². The molecular formula is C19H37NO. The van der Waals surface area contributed by atoms with Crippen LogP contribution < -0.4 is 5.32 Å². The number of rotatable bonds is 8. The van der Waals surface area contributed by atoms with Crippen LogP contribution in [0.15, 0.2) is 0 Å². The Morgan fingerprint density at radius 2 is 1.95 bits per heavy atom. The molecule has 2 aliphatic rings. The van der Waals surface area contributed by atoms with Crippen LogP contribution in [0.4, 0.5) is 0 Å². The largest absolute Gasteiger partial charge is 0.375 e. The minimum atomic E-state index is 0.264. The van der Waals surface area contributed by atoms with Gasteiger partial charge in [-0.25, -0.2) is 0 Å². The lowest BCUT2D eigenvalue weighted by Gasteiger charge is -2.44. The monoisotopic (exact) mass is 295 g/mol. The Labute approximate surface area is 132 Å². The summed E-state index contributed by atoms with van der Waals surface area (Å²) in [4.78, 5) is 0. The van der Waals surface area contributed by atoms with Crippen LogP contribution in [-0.2, 0) is 4.74 Å². The van der Waals surface area contributed by atoms with Gasteiger partial charge in [0.2, 0.25) is 0 Å². The topological polar surface area (TPSA) is 21.3 Å². The van der Waals surface area contributed by atoms with E-state index in [1.54, 1.807) is 0 Å². The fourth-order valence-electron chi connectivity index (χ4n) is 4.80. The molecule has 1 spiro atoms. The van der Waals surface area contributed by atoms with E-state index in [1.807, 2.05) is 0 Å². The van der Waals surface area contributed by atoms with E-state index < -0.39 is 0 Å². The van der Waals surface area contributed by atoms with Crippen LogP contribution >= 0.6 is 0 Å². The lowest BCUT2D eigenvalue weighted by atomic mass is 9.74. The second-order valence-electron chi connectivity index (χ2n) is 7.39. The Balaban J connectivity index is 2.01. The van der Waals surface area contributed by atoms with Crippen LogP contribution in [0.3, 0.4) is 0 Å². The van der Waals surface area contributed by atoms with E-state index >= 15 is 0 Å². The van der Waals surface area contributed by atoms with Crippen molar-refractivity contribution in [2.45, 2.75) is 96.6 Å². The maximum Gasteiger partial charge on any atom is 0.0685 e. The molecule has 1 aliphatic carbocycles. The van der Waals surface area contributed by atoms with Gasteiger partial charge in [0, 0.05) is 12.6 Å². The summed E-state index contributed by atoms with van der Waals surface area (Å²) < 4.78 is 6.25. The average molecular weight is 296 g/mol. The van der Waals surface area contributed by atoms with Gasteiger partial charge in [0.05, 0.1) is 5.60 Å². The summed E-state index contributed by atoms with van der Waals surface area (Å²) in [7, 11) is 0. The SMILES string of the molecule is CCCCC(CC)C(NCC)C1CCOC2(CCCC2)C1. The van der Waals surface area contributed by atoms with Gasteiger partial charge in [0.1, 0.15) is 0 Å². The van der Waals surface area contributed by atoms with Gasteiger partial charge in [-0.15, -0.1) is 0 Å². The molecule has 1 saturated carbocycles. The molecule has 2 heteroatoms. The highest BCUT2D eigenvalue weighted by Crippen LogP contribution is 2.44. The molecule has 0 aromatic rings. The van der Waals surface area contributed by atoms with Crippen molar-refractivity contribution in [3.05, 3.63) is 0 Å². The molecule has 0 amide bonds. The second kappa shape index (κ2) is 8.53. The first kappa shape index (κ1) is 17.3. The van der Waals surface area contributed by atoms with E-state index in [0.29, 0.717) is 6.04 Å². The number of unbranched alkanes of at least 4 members (excludes halogenated alkanes) is 1.